The standard InChI is InChI=1S/C19H14F3N5O2/c1-11(19(20,21)22)26-17(28)14-6-7-16(24-9-14)27-18(29)15(10-25-27)13-4-2-12(8-23)3-5-13/h2-7,9-11,25H,1H3,(H,26,28)/t11-/m0/s1. The van der Waals surface area contributed by atoms with Crippen molar-refractivity contribution in [3.8, 4) is 23.0 Å². The van der Waals surface area contributed by atoms with Gasteiger partial charge in [0.25, 0.3) is 11.5 Å². The number of H-pyrrole nitrogens is 1. The number of pyridine rings is 1. The molecule has 0 aliphatic heterocycles. The number of benzene rings is 1. The summed E-state index contributed by atoms with van der Waals surface area (Å²) >= 11 is 0. The van der Waals surface area contributed by atoms with Crippen molar-refractivity contribution in [3.05, 3.63) is 70.3 Å². The van der Waals surface area contributed by atoms with E-state index in [1.807, 2.05) is 11.4 Å². The summed E-state index contributed by atoms with van der Waals surface area (Å²) in [5.74, 6) is -0.763. The van der Waals surface area contributed by atoms with Crippen LogP contribution in [0.2, 0.25) is 0 Å². The maximum Gasteiger partial charge on any atom is 0.408 e. The third-order valence-corrected chi connectivity index (χ3v) is 4.17. The minimum atomic E-state index is -4.55. The normalized spacial score (nSPS) is 12.2. The highest BCUT2D eigenvalue weighted by Crippen LogP contribution is 2.20. The molecule has 0 fully saturated rings. The maximum absolute atomic E-state index is 12.6. The van der Waals surface area contributed by atoms with Gasteiger partial charge in [-0.05, 0) is 36.8 Å². The highest BCUT2D eigenvalue weighted by Gasteiger charge is 2.37. The van der Waals surface area contributed by atoms with Crippen LogP contribution in [0.3, 0.4) is 0 Å². The van der Waals surface area contributed by atoms with Gasteiger partial charge in [-0.1, -0.05) is 12.1 Å². The van der Waals surface area contributed by atoms with Crippen LogP contribution >= 0.6 is 0 Å². The van der Waals surface area contributed by atoms with E-state index in [4.69, 9.17) is 5.26 Å². The van der Waals surface area contributed by atoms with Gasteiger partial charge < -0.3 is 5.32 Å². The average Bonchev–Trinajstić information content (AvgIpc) is 3.08. The third-order valence-electron chi connectivity index (χ3n) is 4.17. The molecule has 0 aliphatic rings. The molecule has 0 saturated heterocycles. The van der Waals surface area contributed by atoms with E-state index >= 15 is 0 Å². The fourth-order valence-electron chi connectivity index (χ4n) is 2.49. The number of hydrogen-bond donors (Lipinski definition) is 2. The molecule has 2 aromatic heterocycles. The van der Waals surface area contributed by atoms with Gasteiger partial charge in [0.05, 0.1) is 22.8 Å². The summed E-state index contributed by atoms with van der Waals surface area (Å²) in [6.45, 7) is 0.836. The second kappa shape index (κ2) is 7.63. The van der Waals surface area contributed by atoms with Crippen LogP contribution in [0.5, 0.6) is 0 Å². The van der Waals surface area contributed by atoms with E-state index in [1.54, 1.807) is 24.3 Å². The molecule has 2 N–H and O–H groups in total. The summed E-state index contributed by atoms with van der Waals surface area (Å²) in [6, 6.07) is 9.04. The van der Waals surface area contributed by atoms with E-state index in [-0.39, 0.29) is 11.4 Å². The lowest BCUT2D eigenvalue weighted by molar-refractivity contribution is -0.149. The van der Waals surface area contributed by atoms with Gasteiger partial charge in [0, 0.05) is 12.4 Å². The fourth-order valence-corrected chi connectivity index (χ4v) is 2.49. The number of carbonyl (C=O) groups excluding carboxylic acids is 1. The number of rotatable bonds is 4. The second-order valence-electron chi connectivity index (χ2n) is 6.16. The van der Waals surface area contributed by atoms with Crippen LogP contribution in [-0.4, -0.2) is 32.9 Å². The van der Waals surface area contributed by atoms with Gasteiger partial charge >= 0.3 is 6.18 Å². The molecule has 0 unspecified atom stereocenters. The van der Waals surface area contributed by atoms with Crippen LogP contribution in [-0.2, 0) is 0 Å². The molecule has 29 heavy (non-hydrogen) atoms. The Morgan fingerprint density at radius 3 is 2.48 bits per heavy atom. The van der Waals surface area contributed by atoms with Crippen LogP contribution in [0.4, 0.5) is 13.2 Å². The molecule has 10 heteroatoms. The minimum absolute atomic E-state index is 0.0724. The first kappa shape index (κ1) is 19.9. The number of halogens is 3. The van der Waals surface area contributed by atoms with Crippen molar-refractivity contribution < 1.29 is 18.0 Å². The molecule has 1 atom stereocenters. The third kappa shape index (κ3) is 4.19. The number of nitrogens with one attached hydrogen (secondary N) is 2. The Kier molecular flexibility index (Phi) is 5.23. The van der Waals surface area contributed by atoms with Gasteiger partial charge in [-0.2, -0.15) is 18.4 Å². The van der Waals surface area contributed by atoms with Crippen molar-refractivity contribution in [2.45, 2.75) is 19.1 Å². The summed E-state index contributed by atoms with van der Waals surface area (Å²) in [5, 5.41) is 13.4. The van der Waals surface area contributed by atoms with E-state index in [2.05, 4.69) is 10.1 Å². The molecule has 0 aliphatic carbocycles. The number of aromatic amines is 1. The molecular formula is C19H14F3N5O2. The van der Waals surface area contributed by atoms with Gasteiger partial charge in [-0.3, -0.25) is 14.7 Å². The van der Waals surface area contributed by atoms with Crippen molar-refractivity contribution >= 4 is 5.91 Å². The van der Waals surface area contributed by atoms with Gasteiger partial charge in [0.2, 0.25) is 0 Å². The van der Waals surface area contributed by atoms with E-state index in [1.165, 1.54) is 18.3 Å². The molecule has 1 amide bonds. The van der Waals surface area contributed by atoms with Crippen molar-refractivity contribution in [1.82, 2.24) is 20.1 Å². The SMILES string of the molecule is C[C@H](NC(=O)c1ccc(-n2[nH]cc(-c3ccc(C#N)cc3)c2=O)nc1)C(F)(F)F. The first-order valence-corrected chi connectivity index (χ1v) is 8.35. The van der Waals surface area contributed by atoms with E-state index in [0.717, 1.165) is 17.8 Å². The number of carbonyl (C=O) groups is 1. The number of hydrogen-bond acceptors (Lipinski definition) is 4. The first-order valence-electron chi connectivity index (χ1n) is 8.35. The van der Waals surface area contributed by atoms with Crippen LogP contribution in [0.1, 0.15) is 22.8 Å². The minimum Gasteiger partial charge on any atom is -0.340 e. The molecule has 0 saturated carbocycles. The zero-order valence-corrected chi connectivity index (χ0v) is 15.0. The Labute approximate surface area is 162 Å². The highest BCUT2D eigenvalue weighted by atomic mass is 19.4. The summed E-state index contributed by atoms with van der Waals surface area (Å²) in [4.78, 5) is 28.5. The van der Waals surface area contributed by atoms with E-state index in [0.29, 0.717) is 16.7 Å². The number of alkyl halides is 3. The molecule has 2 heterocycles. The molecule has 0 spiro atoms. The average molecular weight is 401 g/mol. The lowest BCUT2D eigenvalue weighted by Gasteiger charge is -2.17. The zero-order valence-electron chi connectivity index (χ0n) is 15.0. The van der Waals surface area contributed by atoms with Gasteiger partial charge in [-0.25, -0.2) is 9.67 Å². The smallest absolute Gasteiger partial charge is 0.340 e. The number of nitriles is 1. The largest absolute Gasteiger partial charge is 0.408 e. The number of aromatic nitrogens is 3. The van der Waals surface area contributed by atoms with Crippen molar-refractivity contribution in [2.75, 3.05) is 0 Å². The predicted octanol–water partition coefficient (Wildman–Crippen LogP) is 2.78. The van der Waals surface area contributed by atoms with Crippen LogP contribution in [0.25, 0.3) is 16.9 Å². The molecule has 0 radical (unpaired) electrons. The van der Waals surface area contributed by atoms with Crippen LogP contribution in [0, 0.1) is 11.3 Å². The molecule has 148 valence electrons. The quantitative estimate of drug-likeness (QED) is 0.702. The second-order valence-corrected chi connectivity index (χ2v) is 6.16. The summed E-state index contributed by atoms with van der Waals surface area (Å²) in [5.41, 5.74) is 0.917. The molecule has 3 rings (SSSR count). The van der Waals surface area contributed by atoms with E-state index in [9.17, 15) is 22.8 Å². The van der Waals surface area contributed by atoms with Crippen molar-refractivity contribution in [2.24, 2.45) is 0 Å². The molecular weight excluding hydrogens is 387 g/mol. The predicted molar refractivity (Wildman–Crippen MR) is 97.3 cm³/mol. The summed E-state index contributed by atoms with van der Waals surface area (Å²) in [6.07, 6.45) is -2.00. The molecule has 1 aromatic carbocycles. The van der Waals surface area contributed by atoms with Gasteiger partial charge in [0.15, 0.2) is 5.82 Å². The fraction of sp³-hybridized carbons (Fsp3) is 0.158. The molecule has 3 aromatic rings. The lowest BCUT2D eigenvalue weighted by Crippen LogP contribution is -2.43. The number of nitrogens with zero attached hydrogens (tertiary/aromatic N) is 3. The number of amides is 1. The highest BCUT2D eigenvalue weighted by molar-refractivity contribution is 5.94. The first-order chi connectivity index (χ1) is 13.7. The summed E-state index contributed by atoms with van der Waals surface area (Å²) in [7, 11) is 0. The summed E-state index contributed by atoms with van der Waals surface area (Å²) < 4.78 is 38.8. The molecule has 7 nitrogen and oxygen atoms in total. The molecule has 0 bridgehead atoms. The topological polar surface area (TPSA) is 104 Å². The van der Waals surface area contributed by atoms with Crippen LogP contribution in [0.15, 0.2) is 53.6 Å². The Bertz CT molecular complexity index is 1120. The van der Waals surface area contributed by atoms with E-state index < -0.39 is 23.7 Å². The Balaban J connectivity index is 1.82. The Morgan fingerprint density at radius 1 is 1.24 bits per heavy atom. The lowest BCUT2D eigenvalue weighted by atomic mass is 10.1. The van der Waals surface area contributed by atoms with Crippen LogP contribution < -0.4 is 10.9 Å². The van der Waals surface area contributed by atoms with Gasteiger partial charge in [-0.15, -0.1) is 0 Å². The van der Waals surface area contributed by atoms with Crippen molar-refractivity contribution in [3.63, 3.8) is 0 Å². The van der Waals surface area contributed by atoms with Gasteiger partial charge in [0.1, 0.15) is 6.04 Å². The monoisotopic (exact) mass is 401 g/mol. The zero-order chi connectivity index (χ0) is 21.2. The van der Waals surface area contributed by atoms with Crippen molar-refractivity contribution in [1.29, 1.82) is 5.26 Å². The Morgan fingerprint density at radius 2 is 1.93 bits per heavy atom. The Hall–Kier alpha value is -3.87. The maximum atomic E-state index is 12.6.